The Balaban J connectivity index is 1.40. The van der Waals surface area contributed by atoms with Gasteiger partial charge in [-0.3, -0.25) is 14.1 Å². The van der Waals surface area contributed by atoms with E-state index in [1.165, 1.54) is 6.07 Å². The number of nitrogens with one attached hydrogen (secondary N) is 2. The number of hydrogen-bond acceptors (Lipinski definition) is 4. The topological polar surface area (TPSA) is 113 Å². The SMILES string of the molecule is Cc1ccc(-c2ccc(C(Cc3ccc(C(=O)NCCS(=O)(=O)O)cc3)C(=O)Nc3ccc(-c4ccc(C(F)(F)F)cc4Cl)c(C)c3)cc2)c(C)c1. The summed E-state index contributed by atoms with van der Waals surface area (Å²) in [5.41, 5.74) is 7.54. The molecule has 1 atom stereocenters. The van der Waals surface area contributed by atoms with E-state index in [9.17, 15) is 31.2 Å². The summed E-state index contributed by atoms with van der Waals surface area (Å²) in [5.74, 6) is -2.08. The van der Waals surface area contributed by atoms with Gasteiger partial charge in [-0.05, 0) is 103 Å². The van der Waals surface area contributed by atoms with Crippen LogP contribution in [0.5, 0.6) is 0 Å². The molecule has 0 saturated carbocycles. The van der Waals surface area contributed by atoms with E-state index in [4.69, 9.17) is 16.2 Å². The summed E-state index contributed by atoms with van der Waals surface area (Å²) in [6.07, 6.45) is -4.25. The van der Waals surface area contributed by atoms with Crippen molar-refractivity contribution < 1.29 is 35.7 Å². The van der Waals surface area contributed by atoms with Gasteiger partial charge in [0, 0.05) is 28.4 Å². The molecule has 0 radical (unpaired) electrons. The Kier molecular flexibility index (Phi) is 11.6. The normalized spacial score (nSPS) is 12.3. The van der Waals surface area contributed by atoms with E-state index in [1.807, 2.05) is 44.2 Å². The zero-order valence-corrected chi connectivity index (χ0v) is 30.1. The molecule has 2 amide bonds. The standard InChI is InChI=1S/C40H36ClF3N2O5S/c1-24-4-15-33(25(2)20-24)28-9-11-29(12-10-28)36(22-27-5-7-30(8-6-27)38(47)45-18-19-52(49,50)51)39(48)46-32-14-17-34(26(3)21-32)35-16-13-31(23-37(35)41)40(42,43)44/h4-17,20-21,23,36H,18-19,22H2,1-3H3,(H,45,47)(H,46,48)(H,49,50,51). The first-order valence-corrected chi connectivity index (χ1v) is 18.3. The van der Waals surface area contributed by atoms with Gasteiger partial charge in [-0.15, -0.1) is 0 Å². The molecule has 0 aliphatic heterocycles. The van der Waals surface area contributed by atoms with Gasteiger partial charge in [-0.1, -0.05) is 83.9 Å². The van der Waals surface area contributed by atoms with Crippen molar-refractivity contribution in [3.63, 3.8) is 0 Å². The highest BCUT2D eigenvalue weighted by Crippen LogP contribution is 2.37. The van der Waals surface area contributed by atoms with Gasteiger partial charge < -0.3 is 10.6 Å². The van der Waals surface area contributed by atoms with Crippen LogP contribution >= 0.6 is 11.6 Å². The largest absolute Gasteiger partial charge is 0.416 e. The molecule has 5 rings (SSSR count). The van der Waals surface area contributed by atoms with E-state index in [0.29, 0.717) is 22.4 Å². The quantitative estimate of drug-likeness (QED) is 0.117. The van der Waals surface area contributed by atoms with Crippen LogP contribution in [0.3, 0.4) is 0 Å². The molecule has 1 unspecified atom stereocenters. The number of benzene rings is 5. The summed E-state index contributed by atoms with van der Waals surface area (Å²) in [5, 5.41) is 5.40. The van der Waals surface area contributed by atoms with Crippen LogP contribution in [0.1, 0.15) is 49.7 Å². The summed E-state index contributed by atoms with van der Waals surface area (Å²) in [6, 6.07) is 28.9. The Morgan fingerprint density at radius 1 is 0.788 bits per heavy atom. The average Bonchev–Trinajstić information content (AvgIpc) is 3.07. The highest BCUT2D eigenvalue weighted by Gasteiger charge is 2.31. The van der Waals surface area contributed by atoms with Gasteiger partial charge in [0.15, 0.2) is 0 Å². The molecule has 0 aliphatic carbocycles. The second kappa shape index (κ2) is 15.7. The van der Waals surface area contributed by atoms with Crippen LogP contribution in [-0.4, -0.2) is 37.1 Å². The van der Waals surface area contributed by atoms with Gasteiger partial charge in [0.2, 0.25) is 5.91 Å². The highest BCUT2D eigenvalue weighted by atomic mass is 35.5. The van der Waals surface area contributed by atoms with Crippen LogP contribution in [0.2, 0.25) is 5.02 Å². The predicted octanol–water partition coefficient (Wildman–Crippen LogP) is 9.20. The Bertz CT molecular complexity index is 2220. The van der Waals surface area contributed by atoms with Crippen molar-refractivity contribution in [1.29, 1.82) is 0 Å². The van der Waals surface area contributed by atoms with Crippen LogP contribution < -0.4 is 10.6 Å². The Labute approximate surface area is 305 Å². The maximum absolute atomic E-state index is 14.0. The average molecular weight is 749 g/mol. The van der Waals surface area contributed by atoms with Crippen LogP contribution in [-0.2, 0) is 27.5 Å². The Morgan fingerprint density at radius 3 is 2.02 bits per heavy atom. The molecule has 0 saturated heterocycles. The number of aryl methyl sites for hydroxylation is 3. The number of amides is 2. The summed E-state index contributed by atoms with van der Waals surface area (Å²) in [6.45, 7) is 5.61. The molecular formula is C40H36ClF3N2O5S. The van der Waals surface area contributed by atoms with Crippen molar-refractivity contribution in [3.05, 3.63) is 147 Å². The first-order valence-electron chi connectivity index (χ1n) is 16.3. The van der Waals surface area contributed by atoms with Gasteiger partial charge in [-0.2, -0.15) is 21.6 Å². The van der Waals surface area contributed by atoms with Gasteiger partial charge in [-0.25, -0.2) is 0 Å². The number of rotatable bonds is 11. The second-order valence-electron chi connectivity index (χ2n) is 12.6. The summed E-state index contributed by atoms with van der Waals surface area (Å²) in [7, 11) is -4.22. The molecule has 0 heterocycles. The molecule has 0 aliphatic rings. The van der Waals surface area contributed by atoms with Crippen LogP contribution in [0, 0.1) is 20.8 Å². The molecule has 3 N–H and O–H groups in total. The lowest BCUT2D eigenvalue weighted by atomic mass is 9.89. The minimum atomic E-state index is -4.52. The highest BCUT2D eigenvalue weighted by molar-refractivity contribution is 7.85. The van der Waals surface area contributed by atoms with E-state index in [1.54, 1.807) is 49.4 Å². The fourth-order valence-corrected chi connectivity index (χ4v) is 6.64. The number of carbonyl (C=O) groups is 2. The number of alkyl halides is 3. The molecule has 52 heavy (non-hydrogen) atoms. The third-order valence-electron chi connectivity index (χ3n) is 8.70. The van der Waals surface area contributed by atoms with E-state index in [2.05, 4.69) is 22.8 Å². The number of halogens is 4. The minimum absolute atomic E-state index is 0.0411. The maximum Gasteiger partial charge on any atom is 0.416 e. The zero-order chi connectivity index (χ0) is 37.8. The maximum atomic E-state index is 14.0. The number of carbonyl (C=O) groups excluding carboxylic acids is 2. The lowest BCUT2D eigenvalue weighted by Gasteiger charge is -2.19. The van der Waals surface area contributed by atoms with E-state index >= 15 is 0 Å². The Morgan fingerprint density at radius 2 is 1.42 bits per heavy atom. The molecule has 5 aromatic carbocycles. The van der Waals surface area contributed by atoms with Crippen molar-refractivity contribution in [3.8, 4) is 22.3 Å². The fourth-order valence-electron chi connectivity index (χ4n) is 6.00. The first-order chi connectivity index (χ1) is 24.5. The second-order valence-corrected chi connectivity index (χ2v) is 14.6. The molecule has 0 fully saturated rings. The fraction of sp³-hybridized carbons (Fsp3) is 0.200. The summed E-state index contributed by atoms with van der Waals surface area (Å²) >= 11 is 6.26. The van der Waals surface area contributed by atoms with Crippen molar-refractivity contribution in [2.45, 2.75) is 39.3 Å². The molecule has 0 spiro atoms. The molecule has 5 aromatic rings. The summed E-state index contributed by atoms with van der Waals surface area (Å²) in [4.78, 5) is 26.5. The molecule has 270 valence electrons. The van der Waals surface area contributed by atoms with E-state index < -0.39 is 39.4 Å². The zero-order valence-electron chi connectivity index (χ0n) is 28.5. The van der Waals surface area contributed by atoms with E-state index in [0.717, 1.165) is 45.5 Å². The van der Waals surface area contributed by atoms with Crippen LogP contribution in [0.15, 0.2) is 103 Å². The van der Waals surface area contributed by atoms with Crippen LogP contribution in [0.4, 0.5) is 18.9 Å². The van der Waals surface area contributed by atoms with Gasteiger partial charge in [0.1, 0.15) is 0 Å². The number of anilines is 1. The van der Waals surface area contributed by atoms with Crippen molar-refractivity contribution in [1.82, 2.24) is 5.32 Å². The Hall–Kier alpha value is -4.97. The van der Waals surface area contributed by atoms with Crippen molar-refractivity contribution in [2.24, 2.45) is 0 Å². The van der Waals surface area contributed by atoms with Crippen molar-refractivity contribution in [2.75, 3.05) is 17.6 Å². The van der Waals surface area contributed by atoms with Crippen molar-refractivity contribution >= 4 is 39.2 Å². The minimum Gasteiger partial charge on any atom is -0.351 e. The first kappa shape index (κ1) is 38.3. The lowest BCUT2D eigenvalue weighted by Crippen LogP contribution is -2.28. The molecule has 0 aromatic heterocycles. The lowest BCUT2D eigenvalue weighted by molar-refractivity contribution is -0.137. The van der Waals surface area contributed by atoms with Gasteiger partial charge in [0.05, 0.1) is 17.2 Å². The van der Waals surface area contributed by atoms with Gasteiger partial charge in [0.25, 0.3) is 16.0 Å². The molecular weight excluding hydrogens is 713 g/mol. The monoisotopic (exact) mass is 748 g/mol. The number of hydrogen-bond donors (Lipinski definition) is 3. The third kappa shape index (κ3) is 9.67. The third-order valence-corrected chi connectivity index (χ3v) is 9.74. The van der Waals surface area contributed by atoms with Crippen LogP contribution in [0.25, 0.3) is 22.3 Å². The molecule has 7 nitrogen and oxygen atoms in total. The molecule has 12 heteroatoms. The molecule has 0 bridgehead atoms. The smallest absolute Gasteiger partial charge is 0.351 e. The van der Waals surface area contributed by atoms with E-state index in [-0.39, 0.29) is 29.5 Å². The predicted molar refractivity (Wildman–Crippen MR) is 198 cm³/mol. The van der Waals surface area contributed by atoms with Gasteiger partial charge >= 0.3 is 6.18 Å². The summed E-state index contributed by atoms with van der Waals surface area (Å²) < 4.78 is 70.4.